The second-order valence-electron chi connectivity index (χ2n) is 11.3. The van der Waals surface area contributed by atoms with E-state index in [-0.39, 0.29) is 11.1 Å². The van der Waals surface area contributed by atoms with Crippen molar-refractivity contribution in [2.45, 2.75) is 81.0 Å². The second-order valence-corrected chi connectivity index (χ2v) is 11.3. The van der Waals surface area contributed by atoms with Crippen LogP contribution in [0.15, 0.2) is 59.9 Å². The Morgan fingerprint density at radius 3 is 2.12 bits per heavy atom. The summed E-state index contributed by atoms with van der Waals surface area (Å²) >= 11 is 0. The molecule has 0 amide bonds. The van der Waals surface area contributed by atoms with Crippen molar-refractivity contribution in [3.05, 3.63) is 65.5 Å². The fraction of sp³-hybridized carbons (Fsp3) is 0.531. The molecule has 3 aliphatic rings. The number of methoxy groups -OCH3 is 1. The number of aliphatic hydroxyl groups excluding tert-OH is 7. The maximum atomic E-state index is 13.1. The molecule has 7 N–H and O–H groups in total. The molecule has 4 rings (SSSR count). The van der Waals surface area contributed by atoms with Crippen LogP contribution in [0.1, 0.15) is 18.9 Å². The Hall–Kier alpha value is -3.75. The lowest BCUT2D eigenvalue weighted by molar-refractivity contribution is -0.327. The van der Waals surface area contributed by atoms with Crippen LogP contribution >= 0.6 is 0 Å². The molecule has 0 radical (unpaired) electrons. The summed E-state index contributed by atoms with van der Waals surface area (Å²) in [6.07, 6.45) is -13.6. The largest absolute Gasteiger partial charge is 0.468 e. The van der Waals surface area contributed by atoms with Gasteiger partial charge in [-0.25, -0.2) is 9.59 Å². The molecule has 0 aromatic heterocycles. The molecule has 17 nitrogen and oxygen atoms in total. The first-order valence-electron chi connectivity index (χ1n) is 15.2. The molecule has 1 aromatic rings. The van der Waals surface area contributed by atoms with Gasteiger partial charge in [0.2, 0.25) is 12.6 Å². The van der Waals surface area contributed by atoms with Crippen LogP contribution in [0.2, 0.25) is 0 Å². The highest BCUT2D eigenvalue weighted by Crippen LogP contribution is 2.36. The lowest BCUT2D eigenvalue weighted by Crippen LogP contribution is -2.60. The molecule has 1 aromatic carbocycles. The predicted octanol–water partition coefficient (Wildman–Crippen LogP) is -2.22. The zero-order chi connectivity index (χ0) is 35.8. The number of rotatable bonds is 11. The molecule has 270 valence electrons. The van der Waals surface area contributed by atoms with E-state index in [1.54, 1.807) is 30.3 Å². The van der Waals surface area contributed by atoms with Crippen LogP contribution in [-0.4, -0.2) is 142 Å². The van der Waals surface area contributed by atoms with Gasteiger partial charge in [-0.05, 0) is 18.6 Å². The van der Waals surface area contributed by atoms with E-state index in [1.807, 2.05) is 0 Å². The molecule has 12 atom stereocenters. The Kier molecular flexibility index (Phi) is 13.4. The summed E-state index contributed by atoms with van der Waals surface area (Å²) in [6.45, 7) is 0.155. The van der Waals surface area contributed by atoms with E-state index in [4.69, 9.17) is 33.2 Å². The van der Waals surface area contributed by atoms with E-state index in [9.17, 15) is 50.1 Å². The van der Waals surface area contributed by atoms with Crippen molar-refractivity contribution >= 4 is 24.0 Å². The molecular weight excluding hydrogens is 656 g/mol. The predicted molar refractivity (Wildman–Crippen MR) is 161 cm³/mol. The molecule has 0 spiro atoms. The lowest BCUT2D eigenvalue weighted by atomic mass is 9.86. The number of allylic oxidation sites excluding steroid dienone is 1. The Balaban J connectivity index is 1.41. The number of hydrogen-bond acceptors (Lipinski definition) is 17. The SMILES string of the molecule is C/C=C1\[C@H](O[C@H]2O[C@@H](CO)[C@@H](O)[C@H](O)[C@H]2O)OC=C(C(=O)OC)[C@H]1CC(=O)OC[C@H]1O[C@@H](OC(=O)/C=C/c2ccccc2)[C@H](O)[C@@H](O)[C@@H]1O. The van der Waals surface area contributed by atoms with Crippen molar-refractivity contribution < 1.29 is 83.3 Å². The minimum atomic E-state index is -1.84. The minimum Gasteiger partial charge on any atom is -0.468 e. The Morgan fingerprint density at radius 2 is 1.49 bits per heavy atom. The normalized spacial score (nSPS) is 35.7. The summed E-state index contributed by atoms with van der Waals surface area (Å²) in [4.78, 5) is 38.1. The van der Waals surface area contributed by atoms with E-state index < -0.39 is 111 Å². The maximum Gasteiger partial charge on any atom is 0.337 e. The van der Waals surface area contributed by atoms with Crippen LogP contribution in [0.3, 0.4) is 0 Å². The molecule has 2 fully saturated rings. The van der Waals surface area contributed by atoms with Gasteiger partial charge >= 0.3 is 17.9 Å². The quantitative estimate of drug-likeness (QED) is 0.0559. The average Bonchev–Trinajstić information content (AvgIpc) is 3.10. The van der Waals surface area contributed by atoms with Gasteiger partial charge in [0.05, 0.1) is 32.0 Å². The van der Waals surface area contributed by atoms with Crippen molar-refractivity contribution in [3.8, 4) is 0 Å². The first-order chi connectivity index (χ1) is 23.4. The molecule has 0 unspecified atom stereocenters. The summed E-state index contributed by atoms with van der Waals surface area (Å²) in [5.41, 5.74) is 0.733. The van der Waals surface area contributed by atoms with Gasteiger partial charge in [0, 0.05) is 17.6 Å². The monoisotopic (exact) mass is 696 g/mol. The summed E-state index contributed by atoms with van der Waals surface area (Å²) in [6, 6.07) is 8.77. The Morgan fingerprint density at radius 1 is 0.857 bits per heavy atom. The van der Waals surface area contributed by atoms with Gasteiger partial charge in [-0.15, -0.1) is 0 Å². The zero-order valence-electron chi connectivity index (χ0n) is 26.5. The van der Waals surface area contributed by atoms with E-state index >= 15 is 0 Å². The molecule has 17 heteroatoms. The van der Waals surface area contributed by atoms with E-state index in [0.717, 1.165) is 19.4 Å². The summed E-state index contributed by atoms with van der Waals surface area (Å²) < 4.78 is 37.3. The van der Waals surface area contributed by atoms with Gasteiger partial charge in [-0.2, -0.15) is 0 Å². The van der Waals surface area contributed by atoms with Crippen molar-refractivity contribution in [2.75, 3.05) is 20.3 Å². The number of esters is 3. The fourth-order valence-electron chi connectivity index (χ4n) is 5.36. The topological polar surface area (TPSA) is 257 Å². The molecule has 0 bridgehead atoms. The minimum absolute atomic E-state index is 0.121. The standard InChI is InChI=1S/C32H40O17/c1-3-16-17(18(29(42)43-2)13-45-30(16)49-32-28(41)25(38)23(36)19(12-33)46-32)11-22(35)44-14-20-24(37)26(39)27(40)31(47-20)48-21(34)10-9-15-7-5-4-6-8-15/h3-10,13,17,19-20,23-28,30-33,36-41H,11-12,14H2,1-2H3/b10-9+,16-3-/t17-,19-,20+,23+,24+,25-,26-,27+,28+,30-,31-,32+/m0/s1. The van der Waals surface area contributed by atoms with Crippen LogP contribution in [0, 0.1) is 5.92 Å². The first kappa shape index (κ1) is 38.1. The molecule has 0 saturated carbocycles. The zero-order valence-corrected chi connectivity index (χ0v) is 26.5. The van der Waals surface area contributed by atoms with Gasteiger partial charge in [-0.1, -0.05) is 36.4 Å². The second kappa shape index (κ2) is 17.3. The van der Waals surface area contributed by atoms with Crippen LogP contribution in [0.25, 0.3) is 6.08 Å². The van der Waals surface area contributed by atoms with Crippen LogP contribution < -0.4 is 0 Å². The highest BCUT2D eigenvalue weighted by atomic mass is 16.8. The van der Waals surface area contributed by atoms with E-state index in [1.165, 1.54) is 19.1 Å². The number of benzene rings is 1. The van der Waals surface area contributed by atoms with Gasteiger partial charge < -0.3 is 68.9 Å². The molecule has 0 aliphatic carbocycles. The summed E-state index contributed by atoms with van der Waals surface area (Å²) in [5.74, 6) is -3.82. The highest BCUT2D eigenvalue weighted by Gasteiger charge is 2.48. The van der Waals surface area contributed by atoms with Crippen LogP contribution in [0.4, 0.5) is 0 Å². The third-order valence-corrected chi connectivity index (χ3v) is 8.12. The number of carbonyl (C=O) groups is 3. The Labute approximate surface area is 280 Å². The molecular formula is C32H40O17. The van der Waals surface area contributed by atoms with Gasteiger partial charge in [0.25, 0.3) is 0 Å². The number of carbonyl (C=O) groups excluding carboxylic acids is 3. The van der Waals surface area contributed by atoms with Crippen molar-refractivity contribution in [1.82, 2.24) is 0 Å². The van der Waals surface area contributed by atoms with Gasteiger partial charge in [0.1, 0.15) is 55.4 Å². The van der Waals surface area contributed by atoms with Gasteiger partial charge in [-0.3, -0.25) is 4.79 Å². The van der Waals surface area contributed by atoms with Crippen molar-refractivity contribution in [2.24, 2.45) is 5.92 Å². The van der Waals surface area contributed by atoms with E-state index in [0.29, 0.717) is 5.56 Å². The van der Waals surface area contributed by atoms with E-state index in [2.05, 4.69) is 0 Å². The van der Waals surface area contributed by atoms with Gasteiger partial charge in [0.15, 0.2) is 6.29 Å². The molecule has 3 aliphatic heterocycles. The fourth-order valence-corrected chi connectivity index (χ4v) is 5.36. The Bertz CT molecular complexity index is 1380. The maximum absolute atomic E-state index is 13.1. The smallest absolute Gasteiger partial charge is 0.337 e. The average molecular weight is 697 g/mol. The molecule has 49 heavy (non-hydrogen) atoms. The third kappa shape index (κ3) is 9.08. The number of ether oxygens (including phenoxy) is 7. The van der Waals surface area contributed by atoms with Crippen molar-refractivity contribution in [3.63, 3.8) is 0 Å². The number of aliphatic hydroxyl groups is 7. The third-order valence-electron chi connectivity index (χ3n) is 8.12. The van der Waals surface area contributed by atoms with Crippen molar-refractivity contribution in [1.29, 1.82) is 0 Å². The van der Waals surface area contributed by atoms with Crippen LogP contribution in [0.5, 0.6) is 0 Å². The number of hydrogen-bond donors (Lipinski definition) is 7. The molecule has 2 saturated heterocycles. The molecule has 3 heterocycles. The highest BCUT2D eigenvalue weighted by molar-refractivity contribution is 5.90. The summed E-state index contributed by atoms with van der Waals surface area (Å²) in [5, 5.41) is 71.3. The summed E-state index contributed by atoms with van der Waals surface area (Å²) in [7, 11) is 1.10. The lowest BCUT2D eigenvalue weighted by Gasteiger charge is -2.42. The van der Waals surface area contributed by atoms with Crippen LogP contribution in [-0.2, 0) is 47.5 Å². The first-order valence-corrected chi connectivity index (χ1v) is 15.2.